The topological polar surface area (TPSA) is 51.2 Å². The van der Waals surface area contributed by atoms with Gasteiger partial charge in [0.05, 0.1) is 17.8 Å². The van der Waals surface area contributed by atoms with Crippen molar-refractivity contribution in [3.05, 3.63) is 64.2 Å². The van der Waals surface area contributed by atoms with Crippen molar-refractivity contribution in [1.29, 1.82) is 0 Å². The van der Waals surface area contributed by atoms with E-state index in [0.29, 0.717) is 21.6 Å². The van der Waals surface area contributed by atoms with E-state index < -0.39 is 11.7 Å². The zero-order valence-corrected chi connectivity index (χ0v) is 14.1. The molecular formula is C17H12ClFN2O2S. The summed E-state index contributed by atoms with van der Waals surface area (Å²) >= 11 is 7.39. The number of nitrogens with zero attached hydrogens (tertiary/aromatic N) is 1. The van der Waals surface area contributed by atoms with Crippen molar-refractivity contribution >= 4 is 34.0 Å². The van der Waals surface area contributed by atoms with Gasteiger partial charge in [-0.05, 0) is 36.4 Å². The first-order chi connectivity index (χ1) is 11.6. The van der Waals surface area contributed by atoms with Gasteiger partial charge in [-0.3, -0.25) is 10.1 Å². The van der Waals surface area contributed by atoms with Crippen LogP contribution in [0.5, 0.6) is 5.75 Å². The first-order valence-electron chi connectivity index (χ1n) is 6.93. The third-order valence-electron chi connectivity index (χ3n) is 3.26. The normalized spacial score (nSPS) is 10.5. The average Bonchev–Trinajstić information content (AvgIpc) is 3.03. The third kappa shape index (κ3) is 3.55. The van der Waals surface area contributed by atoms with Crippen LogP contribution in [-0.2, 0) is 0 Å². The van der Waals surface area contributed by atoms with Crippen LogP contribution in [0.25, 0.3) is 11.3 Å². The number of benzene rings is 2. The molecule has 1 aromatic heterocycles. The van der Waals surface area contributed by atoms with Gasteiger partial charge in [0.1, 0.15) is 11.6 Å². The van der Waals surface area contributed by atoms with Gasteiger partial charge in [0.15, 0.2) is 5.13 Å². The maximum Gasteiger partial charge on any atom is 0.257 e. The molecule has 24 heavy (non-hydrogen) atoms. The van der Waals surface area contributed by atoms with Gasteiger partial charge in [-0.15, -0.1) is 11.3 Å². The number of rotatable bonds is 4. The Labute approximate surface area is 146 Å². The monoisotopic (exact) mass is 362 g/mol. The fourth-order valence-electron chi connectivity index (χ4n) is 2.09. The minimum Gasteiger partial charge on any atom is -0.495 e. The molecule has 0 aliphatic rings. The molecule has 0 fully saturated rings. The molecule has 3 aromatic rings. The van der Waals surface area contributed by atoms with E-state index in [1.165, 1.54) is 35.6 Å². The summed E-state index contributed by atoms with van der Waals surface area (Å²) in [6.07, 6.45) is 0. The number of hydrogen-bond acceptors (Lipinski definition) is 4. The first-order valence-corrected chi connectivity index (χ1v) is 8.19. The Morgan fingerprint density at radius 1 is 1.29 bits per heavy atom. The summed E-state index contributed by atoms with van der Waals surface area (Å²) in [7, 11) is 1.55. The highest BCUT2D eigenvalue weighted by Crippen LogP contribution is 2.31. The van der Waals surface area contributed by atoms with Gasteiger partial charge in [0, 0.05) is 16.5 Å². The molecule has 7 heteroatoms. The Hall–Kier alpha value is -2.44. The number of halogens is 2. The highest BCUT2D eigenvalue weighted by atomic mass is 35.5. The van der Waals surface area contributed by atoms with Crippen molar-refractivity contribution in [3.63, 3.8) is 0 Å². The van der Waals surface area contributed by atoms with Crippen molar-refractivity contribution in [3.8, 4) is 17.0 Å². The number of amides is 1. The smallest absolute Gasteiger partial charge is 0.257 e. The molecule has 0 aliphatic carbocycles. The summed E-state index contributed by atoms with van der Waals surface area (Å²) in [6, 6.07) is 10.8. The fourth-order valence-corrected chi connectivity index (χ4v) is 3.06. The summed E-state index contributed by atoms with van der Waals surface area (Å²) in [5.41, 5.74) is 1.72. The number of anilines is 1. The lowest BCUT2D eigenvalue weighted by Gasteiger charge is -2.04. The minimum atomic E-state index is -0.463. The lowest BCUT2D eigenvalue weighted by molar-refractivity contribution is 0.102. The summed E-state index contributed by atoms with van der Waals surface area (Å²) in [6.45, 7) is 0. The summed E-state index contributed by atoms with van der Waals surface area (Å²) < 4.78 is 18.3. The van der Waals surface area contributed by atoms with Gasteiger partial charge in [0.25, 0.3) is 5.91 Å². The van der Waals surface area contributed by atoms with E-state index in [-0.39, 0.29) is 5.56 Å². The fraction of sp³-hybridized carbons (Fsp3) is 0.0588. The SMILES string of the molecule is COc1ccc(-c2csc(NC(=O)c3cccc(F)c3)n2)cc1Cl. The molecule has 3 rings (SSSR count). The molecule has 1 heterocycles. The second kappa shape index (κ2) is 6.98. The second-order valence-electron chi connectivity index (χ2n) is 4.85. The van der Waals surface area contributed by atoms with Crippen LogP contribution >= 0.6 is 22.9 Å². The van der Waals surface area contributed by atoms with Crippen LogP contribution in [0.4, 0.5) is 9.52 Å². The largest absolute Gasteiger partial charge is 0.495 e. The van der Waals surface area contributed by atoms with Crippen LogP contribution in [0.15, 0.2) is 47.8 Å². The highest BCUT2D eigenvalue weighted by Gasteiger charge is 2.11. The van der Waals surface area contributed by atoms with Crippen molar-refractivity contribution < 1.29 is 13.9 Å². The molecule has 1 amide bonds. The maximum absolute atomic E-state index is 13.2. The molecule has 0 saturated heterocycles. The Morgan fingerprint density at radius 3 is 2.83 bits per heavy atom. The standard InChI is InChI=1S/C17H12ClFN2O2S/c1-23-15-6-5-10(8-13(15)18)14-9-24-17(20-14)21-16(22)11-3-2-4-12(19)7-11/h2-9H,1H3,(H,20,21,22). The van der Waals surface area contributed by atoms with Gasteiger partial charge < -0.3 is 4.74 Å². The maximum atomic E-state index is 13.2. The van der Waals surface area contributed by atoms with E-state index in [1.807, 2.05) is 6.07 Å². The van der Waals surface area contributed by atoms with Crippen LogP contribution in [0.3, 0.4) is 0 Å². The van der Waals surface area contributed by atoms with Crippen LogP contribution in [0.1, 0.15) is 10.4 Å². The van der Waals surface area contributed by atoms with Gasteiger partial charge in [0.2, 0.25) is 0 Å². The van der Waals surface area contributed by atoms with Crippen LogP contribution < -0.4 is 10.1 Å². The van der Waals surface area contributed by atoms with Gasteiger partial charge in [-0.1, -0.05) is 17.7 Å². The van der Waals surface area contributed by atoms with Crippen LogP contribution in [0.2, 0.25) is 5.02 Å². The number of carbonyl (C=O) groups is 1. The summed E-state index contributed by atoms with van der Waals surface area (Å²) in [5, 5.41) is 5.36. The molecule has 2 aromatic carbocycles. The molecule has 0 saturated carbocycles. The van der Waals surface area contributed by atoms with Crippen molar-refractivity contribution in [2.24, 2.45) is 0 Å². The molecule has 0 atom stereocenters. The molecule has 0 aliphatic heterocycles. The summed E-state index contributed by atoms with van der Waals surface area (Å²) in [4.78, 5) is 16.5. The zero-order valence-electron chi connectivity index (χ0n) is 12.5. The Kier molecular flexibility index (Phi) is 4.78. The average molecular weight is 363 g/mol. The Morgan fingerprint density at radius 2 is 2.12 bits per heavy atom. The Balaban J connectivity index is 1.78. The quantitative estimate of drug-likeness (QED) is 0.720. The lowest BCUT2D eigenvalue weighted by atomic mass is 10.2. The number of carbonyl (C=O) groups excluding carboxylic acids is 1. The van der Waals surface area contributed by atoms with Crippen molar-refractivity contribution in [1.82, 2.24) is 4.98 Å². The van der Waals surface area contributed by atoms with E-state index in [4.69, 9.17) is 16.3 Å². The molecule has 4 nitrogen and oxygen atoms in total. The molecule has 0 bridgehead atoms. The molecule has 0 unspecified atom stereocenters. The van der Waals surface area contributed by atoms with E-state index in [9.17, 15) is 9.18 Å². The van der Waals surface area contributed by atoms with E-state index in [0.717, 1.165) is 5.56 Å². The molecule has 0 spiro atoms. The molecule has 122 valence electrons. The third-order valence-corrected chi connectivity index (χ3v) is 4.31. The van der Waals surface area contributed by atoms with Crippen LogP contribution in [0, 0.1) is 5.82 Å². The zero-order chi connectivity index (χ0) is 17.1. The predicted octanol–water partition coefficient (Wildman–Crippen LogP) is 4.86. The molecule has 0 radical (unpaired) electrons. The number of methoxy groups -OCH3 is 1. The minimum absolute atomic E-state index is 0.235. The Bertz CT molecular complexity index is 898. The molecular weight excluding hydrogens is 351 g/mol. The number of aromatic nitrogens is 1. The first kappa shape index (κ1) is 16.4. The highest BCUT2D eigenvalue weighted by molar-refractivity contribution is 7.14. The van der Waals surface area contributed by atoms with Gasteiger partial charge in [-0.25, -0.2) is 9.37 Å². The number of thiazole rings is 1. The van der Waals surface area contributed by atoms with Gasteiger partial charge >= 0.3 is 0 Å². The second-order valence-corrected chi connectivity index (χ2v) is 6.12. The number of ether oxygens (including phenoxy) is 1. The predicted molar refractivity (Wildman–Crippen MR) is 93.5 cm³/mol. The van der Waals surface area contributed by atoms with Crippen molar-refractivity contribution in [2.45, 2.75) is 0 Å². The van der Waals surface area contributed by atoms with Crippen LogP contribution in [-0.4, -0.2) is 18.0 Å². The number of nitrogens with one attached hydrogen (secondary N) is 1. The van der Waals surface area contributed by atoms with Crippen molar-refractivity contribution in [2.75, 3.05) is 12.4 Å². The summed E-state index contributed by atoms with van der Waals surface area (Å²) in [5.74, 6) is -0.297. The van der Waals surface area contributed by atoms with E-state index in [1.54, 1.807) is 24.6 Å². The van der Waals surface area contributed by atoms with E-state index in [2.05, 4.69) is 10.3 Å². The molecule has 1 N–H and O–H groups in total. The number of hydrogen-bond donors (Lipinski definition) is 1. The van der Waals surface area contributed by atoms with Gasteiger partial charge in [-0.2, -0.15) is 0 Å². The van der Waals surface area contributed by atoms with E-state index >= 15 is 0 Å². The lowest BCUT2D eigenvalue weighted by Crippen LogP contribution is -2.11.